The molecular weight excluding hydrogens is 272 g/mol. The Balaban J connectivity index is 1.76. The van der Waals surface area contributed by atoms with E-state index in [4.69, 9.17) is 0 Å². The highest BCUT2D eigenvalue weighted by molar-refractivity contribution is 7.15. The minimum Gasteiger partial charge on any atom is -0.140 e. The summed E-state index contributed by atoms with van der Waals surface area (Å²) >= 11 is 1.92. The Morgan fingerprint density at radius 1 is 0.857 bits per heavy atom. The average Bonchev–Trinajstić information content (AvgIpc) is 3.11. The summed E-state index contributed by atoms with van der Waals surface area (Å²) in [5.74, 6) is 0.613. The summed E-state index contributed by atoms with van der Waals surface area (Å²) in [5, 5.41) is 0. The molecule has 0 amide bonds. The van der Waals surface area contributed by atoms with Gasteiger partial charge in [-0.05, 0) is 58.4 Å². The molecule has 0 radical (unpaired) electrons. The van der Waals surface area contributed by atoms with Crippen LogP contribution >= 0.6 is 11.3 Å². The number of rotatable bonds is 2. The highest BCUT2D eigenvalue weighted by Gasteiger charge is 2.18. The molecule has 1 aromatic heterocycles. The van der Waals surface area contributed by atoms with Crippen molar-refractivity contribution in [1.29, 1.82) is 0 Å². The molecule has 0 atom stereocenters. The molecule has 1 aliphatic rings. The summed E-state index contributed by atoms with van der Waals surface area (Å²) in [6, 6.07) is 20.2. The van der Waals surface area contributed by atoms with Crippen LogP contribution in [0.1, 0.15) is 35.8 Å². The maximum absolute atomic E-state index is 2.38. The molecule has 0 N–H and O–H groups in total. The molecule has 0 saturated heterocycles. The van der Waals surface area contributed by atoms with Gasteiger partial charge in [-0.1, -0.05) is 50.2 Å². The molecule has 1 heteroatoms. The van der Waals surface area contributed by atoms with Crippen molar-refractivity contribution in [3.8, 4) is 21.6 Å². The number of fused-ring (bicyclic) bond motifs is 3. The van der Waals surface area contributed by atoms with Gasteiger partial charge in [-0.3, -0.25) is 0 Å². The fourth-order valence-corrected chi connectivity index (χ4v) is 4.12. The summed E-state index contributed by atoms with van der Waals surface area (Å²) in [7, 11) is 0. The average molecular weight is 290 g/mol. The van der Waals surface area contributed by atoms with E-state index < -0.39 is 0 Å². The Bertz CT molecular complexity index is 808. The van der Waals surface area contributed by atoms with E-state index in [2.05, 4.69) is 68.4 Å². The van der Waals surface area contributed by atoms with Crippen molar-refractivity contribution in [3.63, 3.8) is 0 Å². The predicted molar refractivity (Wildman–Crippen MR) is 92.1 cm³/mol. The largest absolute Gasteiger partial charge is 0.140 e. The second-order valence-electron chi connectivity index (χ2n) is 6.06. The zero-order valence-electron chi connectivity index (χ0n) is 12.4. The molecule has 0 unspecified atom stereocenters. The Kier molecular flexibility index (Phi) is 2.97. The fraction of sp³-hybridized carbons (Fsp3) is 0.200. The van der Waals surface area contributed by atoms with Gasteiger partial charge in [0.05, 0.1) is 0 Å². The molecular formula is C20H18S. The molecule has 104 valence electrons. The van der Waals surface area contributed by atoms with E-state index in [0.717, 1.165) is 6.42 Å². The van der Waals surface area contributed by atoms with Crippen molar-refractivity contribution in [2.75, 3.05) is 0 Å². The van der Waals surface area contributed by atoms with Crippen LogP contribution in [0, 0.1) is 0 Å². The van der Waals surface area contributed by atoms with Gasteiger partial charge in [0.25, 0.3) is 0 Å². The van der Waals surface area contributed by atoms with Crippen LogP contribution in [0.25, 0.3) is 21.6 Å². The normalized spacial score (nSPS) is 12.5. The van der Waals surface area contributed by atoms with Gasteiger partial charge in [0.2, 0.25) is 0 Å². The maximum atomic E-state index is 2.38. The molecule has 0 saturated carbocycles. The Morgan fingerprint density at radius 3 is 2.48 bits per heavy atom. The zero-order valence-corrected chi connectivity index (χ0v) is 13.2. The third-order valence-corrected chi connectivity index (χ3v) is 5.71. The van der Waals surface area contributed by atoms with Gasteiger partial charge in [-0.25, -0.2) is 0 Å². The van der Waals surface area contributed by atoms with Gasteiger partial charge in [0, 0.05) is 9.75 Å². The first-order valence-corrected chi connectivity index (χ1v) is 8.35. The van der Waals surface area contributed by atoms with Crippen LogP contribution in [-0.4, -0.2) is 0 Å². The van der Waals surface area contributed by atoms with E-state index in [9.17, 15) is 0 Å². The first-order chi connectivity index (χ1) is 10.2. The van der Waals surface area contributed by atoms with E-state index >= 15 is 0 Å². The summed E-state index contributed by atoms with van der Waals surface area (Å²) in [6.45, 7) is 4.52. The SMILES string of the molecule is CC(C)c1ccc(-c2ccc3c(c2)Cc2ccccc2-3)s1. The van der Waals surface area contributed by atoms with Crippen molar-refractivity contribution in [1.82, 2.24) is 0 Å². The van der Waals surface area contributed by atoms with Crippen LogP contribution in [0.3, 0.4) is 0 Å². The monoisotopic (exact) mass is 290 g/mol. The number of hydrogen-bond donors (Lipinski definition) is 0. The molecule has 1 heterocycles. The van der Waals surface area contributed by atoms with Crippen molar-refractivity contribution in [2.45, 2.75) is 26.2 Å². The number of hydrogen-bond acceptors (Lipinski definition) is 1. The minimum atomic E-state index is 0.613. The van der Waals surface area contributed by atoms with Gasteiger partial charge in [0.1, 0.15) is 0 Å². The Hall–Kier alpha value is -1.86. The third kappa shape index (κ3) is 2.13. The molecule has 21 heavy (non-hydrogen) atoms. The summed E-state index contributed by atoms with van der Waals surface area (Å²) in [5.41, 5.74) is 7.11. The Morgan fingerprint density at radius 2 is 1.67 bits per heavy atom. The first-order valence-electron chi connectivity index (χ1n) is 7.53. The van der Waals surface area contributed by atoms with Crippen molar-refractivity contribution in [3.05, 3.63) is 70.6 Å². The highest BCUT2D eigenvalue weighted by Crippen LogP contribution is 2.40. The standard InChI is InChI=1S/C20H18S/c1-13(2)19-9-10-20(21-19)15-7-8-18-16(12-15)11-14-5-3-4-6-17(14)18/h3-10,12-13H,11H2,1-2H3. The van der Waals surface area contributed by atoms with Crippen molar-refractivity contribution in [2.24, 2.45) is 0 Å². The topological polar surface area (TPSA) is 0 Å². The first kappa shape index (κ1) is 12.8. The van der Waals surface area contributed by atoms with E-state index in [1.165, 1.54) is 37.6 Å². The maximum Gasteiger partial charge on any atom is 0.0345 e. The molecule has 0 aliphatic heterocycles. The van der Waals surface area contributed by atoms with E-state index in [-0.39, 0.29) is 0 Å². The van der Waals surface area contributed by atoms with Crippen LogP contribution in [-0.2, 0) is 6.42 Å². The summed E-state index contributed by atoms with van der Waals surface area (Å²) in [6.07, 6.45) is 1.07. The minimum absolute atomic E-state index is 0.613. The van der Waals surface area contributed by atoms with Crippen molar-refractivity contribution < 1.29 is 0 Å². The predicted octanol–water partition coefficient (Wildman–Crippen LogP) is 6.11. The van der Waals surface area contributed by atoms with Gasteiger partial charge in [0.15, 0.2) is 0 Å². The van der Waals surface area contributed by atoms with E-state index in [1.54, 1.807) is 0 Å². The lowest BCUT2D eigenvalue weighted by Gasteiger charge is -2.04. The molecule has 3 aromatic rings. The molecule has 0 spiro atoms. The van der Waals surface area contributed by atoms with Crippen LogP contribution < -0.4 is 0 Å². The van der Waals surface area contributed by atoms with Crippen LogP contribution in [0.5, 0.6) is 0 Å². The highest BCUT2D eigenvalue weighted by atomic mass is 32.1. The lowest BCUT2D eigenvalue weighted by atomic mass is 10.0. The molecule has 4 rings (SSSR count). The lowest BCUT2D eigenvalue weighted by molar-refractivity contribution is 0.890. The van der Waals surface area contributed by atoms with Gasteiger partial charge in [-0.15, -0.1) is 11.3 Å². The third-order valence-electron chi connectivity index (χ3n) is 4.27. The quantitative estimate of drug-likeness (QED) is 0.418. The van der Waals surface area contributed by atoms with Gasteiger partial charge < -0.3 is 0 Å². The zero-order chi connectivity index (χ0) is 14.4. The van der Waals surface area contributed by atoms with Gasteiger partial charge >= 0.3 is 0 Å². The number of thiophene rings is 1. The molecule has 1 aliphatic carbocycles. The Labute approximate surface area is 130 Å². The van der Waals surface area contributed by atoms with Crippen LogP contribution in [0.4, 0.5) is 0 Å². The second kappa shape index (κ2) is 4.85. The van der Waals surface area contributed by atoms with Crippen LogP contribution in [0.15, 0.2) is 54.6 Å². The van der Waals surface area contributed by atoms with E-state index in [0.29, 0.717) is 5.92 Å². The molecule has 2 aromatic carbocycles. The lowest BCUT2D eigenvalue weighted by Crippen LogP contribution is -1.81. The van der Waals surface area contributed by atoms with Gasteiger partial charge in [-0.2, -0.15) is 0 Å². The second-order valence-corrected chi connectivity index (χ2v) is 7.18. The number of benzene rings is 2. The molecule has 0 nitrogen and oxygen atoms in total. The summed E-state index contributed by atoms with van der Waals surface area (Å²) < 4.78 is 0. The van der Waals surface area contributed by atoms with Crippen LogP contribution in [0.2, 0.25) is 0 Å². The smallest absolute Gasteiger partial charge is 0.0345 e. The van der Waals surface area contributed by atoms with E-state index in [1.807, 2.05) is 11.3 Å². The van der Waals surface area contributed by atoms with Crippen molar-refractivity contribution >= 4 is 11.3 Å². The molecule has 0 bridgehead atoms. The molecule has 0 fully saturated rings. The summed E-state index contributed by atoms with van der Waals surface area (Å²) in [4.78, 5) is 2.85. The fourth-order valence-electron chi connectivity index (χ4n) is 3.12.